The van der Waals surface area contributed by atoms with Gasteiger partial charge < -0.3 is 14.5 Å². The molecule has 4 aliphatic rings. The van der Waals surface area contributed by atoms with E-state index in [1.165, 1.54) is 17.7 Å². The second kappa shape index (κ2) is 9.70. The third-order valence-corrected chi connectivity index (χ3v) is 11.1. The largest absolute Gasteiger partial charge is 0.446 e. The molecule has 4 aliphatic carbocycles. The van der Waals surface area contributed by atoms with E-state index in [1.54, 1.807) is 19.0 Å². The van der Waals surface area contributed by atoms with E-state index >= 15 is 0 Å². The molecule has 4 fully saturated rings. The van der Waals surface area contributed by atoms with Crippen LogP contribution in [0, 0.1) is 46.3 Å². The molecule has 198 valence electrons. The van der Waals surface area contributed by atoms with Crippen LogP contribution in [0.4, 0.5) is 4.79 Å². The van der Waals surface area contributed by atoms with Crippen molar-refractivity contribution in [3.8, 4) is 0 Å². The molecule has 0 aromatic heterocycles. The Hall–Kier alpha value is -1.59. The Kier molecular flexibility index (Phi) is 7.34. The van der Waals surface area contributed by atoms with Crippen LogP contribution in [0.1, 0.15) is 85.0 Å². The molecule has 0 aliphatic heterocycles. The Morgan fingerprint density at radius 3 is 2.29 bits per heavy atom. The van der Waals surface area contributed by atoms with E-state index in [-0.39, 0.29) is 34.9 Å². The smallest absolute Gasteiger partial charge is 0.409 e. The minimum atomic E-state index is -0.273. The summed E-state index contributed by atoms with van der Waals surface area (Å²) in [6.07, 6.45) is 9.34. The van der Waals surface area contributed by atoms with Crippen LogP contribution in [0.5, 0.6) is 0 Å². The van der Waals surface area contributed by atoms with E-state index in [4.69, 9.17) is 4.74 Å². The zero-order valence-electron chi connectivity index (χ0n) is 23.1. The van der Waals surface area contributed by atoms with Gasteiger partial charge in [-0.3, -0.25) is 9.59 Å². The quantitative estimate of drug-likeness (QED) is 0.520. The van der Waals surface area contributed by atoms with E-state index in [0.29, 0.717) is 48.2 Å². The maximum Gasteiger partial charge on any atom is 0.409 e. The number of nitrogens with zero attached hydrogens (tertiary/aromatic N) is 2. The zero-order valence-corrected chi connectivity index (χ0v) is 23.1. The summed E-state index contributed by atoms with van der Waals surface area (Å²) in [5, 5.41) is 0. The summed E-state index contributed by atoms with van der Waals surface area (Å²) < 4.78 is 5.75. The molecule has 6 nitrogen and oxygen atoms in total. The number of fused-ring (bicyclic) bond motifs is 5. The van der Waals surface area contributed by atoms with Crippen molar-refractivity contribution in [3.05, 3.63) is 0 Å². The Balaban J connectivity index is 1.46. The summed E-state index contributed by atoms with van der Waals surface area (Å²) in [5.41, 5.74) is 0.377. The van der Waals surface area contributed by atoms with Crippen molar-refractivity contribution in [2.75, 3.05) is 28.2 Å². The fourth-order valence-electron chi connectivity index (χ4n) is 9.00. The van der Waals surface area contributed by atoms with Crippen molar-refractivity contribution in [2.24, 2.45) is 46.3 Å². The SMILES string of the molecule is C[C@@H](CCC(=O)N(C)C)C1CCC2C3C(=O)CC4C[C@H](OC(=O)N(C)C)CC[C@]4(C)C3CC[C@@]21C. The summed E-state index contributed by atoms with van der Waals surface area (Å²) in [6.45, 7) is 7.25. The summed E-state index contributed by atoms with van der Waals surface area (Å²) in [6, 6.07) is 0. The van der Waals surface area contributed by atoms with Gasteiger partial charge in [0.1, 0.15) is 11.9 Å². The molecule has 0 spiro atoms. The maximum absolute atomic E-state index is 13.7. The molecular weight excluding hydrogens is 440 g/mol. The molecule has 0 N–H and O–H groups in total. The van der Waals surface area contributed by atoms with E-state index in [9.17, 15) is 14.4 Å². The summed E-state index contributed by atoms with van der Waals surface area (Å²) in [4.78, 5) is 41.3. The lowest BCUT2D eigenvalue weighted by Gasteiger charge is -2.60. The lowest BCUT2D eigenvalue weighted by Crippen LogP contribution is -2.57. The number of ether oxygens (including phenoxy) is 1. The van der Waals surface area contributed by atoms with Crippen molar-refractivity contribution in [3.63, 3.8) is 0 Å². The Morgan fingerprint density at radius 1 is 0.971 bits per heavy atom. The molecule has 9 atom stereocenters. The van der Waals surface area contributed by atoms with Crippen molar-refractivity contribution < 1.29 is 19.1 Å². The van der Waals surface area contributed by atoms with Gasteiger partial charge in [-0.1, -0.05) is 20.8 Å². The second-order valence-electron chi connectivity index (χ2n) is 13.3. The zero-order chi connectivity index (χ0) is 25.7. The number of carbonyl (C=O) groups excluding carboxylic acids is 3. The van der Waals surface area contributed by atoms with Crippen LogP contribution >= 0.6 is 0 Å². The minimum absolute atomic E-state index is 0.0669. The lowest BCUT2D eigenvalue weighted by molar-refractivity contribution is -0.161. The van der Waals surface area contributed by atoms with Crippen LogP contribution in [0.3, 0.4) is 0 Å². The van der Waals surface area contributed by atoms with Gasteiger partial charge >= 0.3 is 6.09 Å². The molecule has 6 heteroatoms. The van der Waals surface area contributed by atoms with Crippen molar-refractivity contribution in [1.29, 1.82) is 0 Å². The predicted octanol–water partition coefficient (Wildman–Crippen LogP) is 5.40. The van der Waals surface area contributed by atoms with Crippen LogP contribution in [0.2, 0.25) is 0 Å². The number of amides is 2. The number of carbonyl (C=O) groups is 3. The van der Waals surface area contributed by atoms with Crippen LogP contribution in [-0.2, 0) is 14.3 Å². The van der Waals surface area contributed by atoms with E-state index in [0.717, 1.165) is 38.5 Å². The van der Waals surface area contributed by atoms with Gasteiger partial charge in [-0.05, 0) is 91.8 Å². The van der Waals surface area contributed by atoms with Gasteiger partial charge in [0.25, 0.3) is 0 Å². The highest BCUT2D eigenvalue weighted by Gasteiger charge is 2.63. The monoisotopic (exact) mass is 488 g/mol. The highest BCUT2D eigenvalue weighted by molar-refractivity contribution is 5.83. The van der Waals surface area contributed by atoms with Crippen LogP contribution in [-0.4, -0.2) is 61.9 Å². The molecule has 0 aromatic rings. The number of hydrogen-bond donors (Lipinski definition) is 0. The average Bonchev–Trinajstić information content (AvgIpc) is 3.15. The standard InChI is InChI=1S/C29H48N2O4/c1-18(8-11-25(33)30(4)5)21-9-10-22-26-23(13-15-29(21,22)3)28(2)14-12-20(35-27(34)31(6)7)16-19(28)17-24(26)32/h18-23,26H,8-17H2,1-7H3/t18-,19?,20+,21?,22?,23?,26?,28-,29+/m0/s1. The third-order valence-electron chi connectivity index (χ3n) is 11.1. The van der Waals surface area contributed by atoms with Crippen molar-refractivity contribution in [1.82, 2.24) is 9.80 Å². The third kappa shape index (κ3) is 4.64. The minimum Gasteiger partial charge on any atom is -0.446 e. The lowest BCUT2D eigenvalue weighted by atomic mass is 9.44. The van der Waals surface area contributed by atoms with E-state index < -0.39 is 0 Å². The van der Waals surface area contributed by atoms with Gasteiger partial charge in [0.2, 0.25) is 5.91 Å². The summed E-state index contributed by atoms with van der Waals surface area (Å²) in [5.74, 6) is 3.25. The molecule has 0 heterocycles. The molecule has 0 bridgehead atoms. The Bertz CT molecular complexity index is 841. The van der Waals surface area contributed by atoms with Gasteiger partial charge in [-0.25, -0.2) is 4.79 Å². The molecule has 4 rings (SSSR count). The number of Topliss-reactive ketones (excluding diaryl/α,β-unsaturated/α-hetero) is 1. The molecule has 0 aromatic carbocycles. The van der Waals surface area contributed by atoms with Crippen molar-refractivity contribution in [2.45, 2.75) is 91.1 Å². The van der Waals surface area contributed by atoms with E-state index in [1.807, 2.05) is 14.1 Å². The normalized spacial score (nSPS) is 41.3. The molecule has 35 heavy (non-hydrogen) atoms. The first-order chi connectivity index (χ1) is 16.4. The molecule has 4 saturated carbocycles. The van der Waals surface area contributed by atoms with Crippen molar-refractivity contribution >= 4 is 17.8 Å². The topological polar surface area (TPSA) is 66.9 Å². The first-order valence-electron chi connectivity index (χ1n) is 14.0. The summed E-state index contributed by atoms with van der Waals surface area (Å²) >= 11 is 0. The predicted molar refractivity (Wildman–Crippen MR) is 137 cm³/mol. The highest BCUT2D eigenvalue weighted by atomic mass is 16.6. The van der Waals surface area contributed by atoms with Gasteiger partial charge in [0, 0.05) is 47.0 Å². The number of hydrogen-bond acceptors (Lipinski definition) is 4. The Morgan fingerprint density at radius 2 is 1.63 bits per heavy atom. The second-order valence-corrected chi connectivity index (χ2v) is 13.3. The van der Waals surface area contributed by atoms with Crippen LogP contribution < -0.4 is 0 Å². The number of ketones is 1. The van der Waals surface area contributed by atoms with E-state index in [2.05, 4.69) is 20.8 Å². The van der Waals surface area contributed by atoms with Gasteiger partial charge in [0.05, 0.1) is 0 Å². The van der Waals surface area contributed by atoms with Gasteiger partial charge in [0.15, 0.2) is 0 Å². The molecule has 0 saturated heterocycles. The fourth-order valence-corrected chi connectivity index (χ4v) is 9.00. The molecular formula is C29H48N2O4. The summed E-state index contributed by atoms with van der Waals surface area (Å²) in [7, 11) is 7.12. The van der Waals surface area contributed by atoms with Crippen LogP contribution in [0.15, 0.2) is 0 Å². The Labute approximate surface area is 212 Å². The fraction of sp³-hybridized carbons (Fsp3) is 0.897. The molecule has 5 unspecified atom stereocenters. The van der Waals surface area contributed by atoms with Gasteiger partial charge in [-0.2, -0.15) is 0 Å². The first kappa shape index (κ1) is 26.5. The molecule has 0 radical (unpaired) electrons. The first-order valence-corrected chi connectivity index (χ1v) is 14.0. The van der Waals surface area contributed by atoms with Crippen LogP contribution in [0.25, 0.3) is 0 Å². The molecule has 2 amide bonds. The maximum atomic E-state index is 13.7. The number of rotatable bonds is 5. The highest BCUT2D eigenvalue weighted by Crippen LogP contribution is 2.67. The average molecular weight is 489 g/mol. The van der Waals surface area contributed by atoms with Gasteiger partial charge in [-0.15, -0.1) is 0 Å².